The third-order valence-electron chi connectivity index (χ3n) is 6.10. The van der Waals surface area contributed by atoms with E-state index >= 15 is 0 Å². The van der Waals surface area contributed by atoms with E-state index in [-0.39, 0.29) is 0 Å². The van der Waals surface area contributed by atoms with Crippen molar-refractivity contribution in [3.05, 3.63) is 106 Å². The van der Waals surface area contributed by atoms with Gasteiger partial charge in [0.2, 0.25) is 0 Å². The van der Waals surface area contributed by atoms with Gasteiger partial charge in [-0.3, -0.25) is 0 Å². The Kier molecular flexibility index (Phi) is 5.15. The van der Waals surface area contributed by atoms with Crippen molar-refractivity contribution in [2.75, 3.05) is 5.32 Å². The van der Waals surface area contributed by atoms with Crippen LogP contribution in [0.4, 0.5) is 5.69 Å². The molecule has 29 heavy (non-hydrogen) atoms. The lowest BCUT2D eigenvalue weighted by molar-refractivity contribution is 0.425. The first kappa shape index (κ1) is 18.8. The molecule has 0 fully saturated rings. The van der Waals surface area contributed by atoms with Crippen LogP contribution in [-0.4, -0.2) is 0 Å². The highest BCUT2D eigenvalue weighted by Crippen LogP contribution is 2.51. The average Bonchev–Trinajstić information content (AvgIpc) is 3.24. The van der Waals surface area contributed by atoms with Gasteiger partial charge in [0, 0.05) is 27.3 Å². The molecule has 0 bridgehead atoms. The van der Waals surface area contributed by atoms with Crippen LogP contribution < -0.4 is 5.32 Å². The fourth-order valence-corrected chi connectivity index (χ4v) is 5.71. The Bertz CT molecular complexity index is 1040. The van der Waals surface area contributed by atoms with Crippen molar-refractivity contribution >= 4 is 29.1 Å². The summed E-state index contributed by atoms with van der Waals surface area (Å²) in [5.41, 5.74) is 6.83. The number of aryl methyl sites for hydroxylation is 1. The van der Waals surface area contributed by atoms with E-state index in [1.54, 1.807) is 0 Å². The predicted molar refractivity (Wildman–Crippen MR) is 125 cm³/mol. The number of fused-ring (bicyclic) bond motifs is 3. The molecule has 0 aromatic heterocycles. The van der Waals surface area contributed by atoms with Crippen LogP contribution in [0.1, 0.15) is 40.6 Å². The molecule has 0 radical (unpaired) electrons. The Morgan fingerprint density at radius 3 is 2.62 bits per heavy atom. The molecule has 2 aliphatic rings. The molecule has 1 N–H and O–H groups in total. The number of hydrogen-bond acceptors (Lipinski definition) is 2. The first-order chi connectivity index (χ1) is 14.2. The number of rotatable bonds is 4. The van der Waals surface area contributed by atoms with Crippen LogP contribution in [0.5, 0.6) is 0 Å². The van der Waals surface area contributed by atoms with Crippen LogP contribution in [0.3, 0.4) is 0 Å². The standard InChI is InChI=1S/C26H24ClNS/c1-17-14-18(16-29-21-6-3-2-4-7-21)15-24-22-8-5-9-23(22)26(28-25(17)24)19-10-12-20(27)13-11-19/h2-8,10-15,22-23,26,28H,9,16H2,1H3/t22-,23-,26+/m0/s1. The van der Waals surface area contributed by atoms with Crippen LogP contribution in [-0.2, 0) is 5.75 Å². The Morgan fingerprint density at radius 1 is 1.03 bits per heavy atom. The highest BCUT2D eigenvalue weighted by atomic mass is 35.5. The molecule has 146 valence electrons. The third kappa shape index (κ3) is 3.72. The molecule has 1 aliphatic heterocycles. The van der Waals surface area contributed by atoms with Crippen LogP contribution in [0.2, 0.25) is 5.02 Å². The molecule has 1 heterocycles. The Hall–Kier alpha value is -2.16. The number of hydrogen-bond donors (Lipinski definition) is 1. The van der Waals surface area contributed by atoms with Crippen molar-refractivity contribution in [1.82, 2.24) is 0 Å². The van der Waals surface area contributed by atoms with E-state index in [9.17, 15) is 0 Å². The molecular weight excluding hydrogens is 394 g/mol. The van der Waals surface area contributed by atoms with Gasteiger partial charge in [0.1, 0.15) is 0 Å². The molecule has 3 atom stereocenters. The van der Waals surface area contributed by atoms with E-state index in [1.807, 2.05) is 23.9 Å². The van der Waals surface area contributed by atoms with Crippen molar-refractivity contribution in [3.63, 3.8) is 0 Å². The normalized spacial score (nSPS) is 22.1. The van der Waals surface area contributed by atoms with Gasteiger partial charge in [0.15, 0.2) is 0 Å². The van der Waals surface area contributed by atoms with Gasteiger partial charge < -0.3 is 5.32 Å². The summed E-state index contributed by atoms with van der Waals surface area (Å²) >= 11 is 8.03. The van der Waals surface area contributed by atoms with Crippen molar-refractivity contribution in [2.24, 2.45) is 5.92 Å². The highest BCUT2D eigenvalue weighted by molar-refractivity contribution is 7.98. The van der Waals surface area contributed by atoms with Gasteiger partial charge in [-0.05, 0) is 65.8 Å². The van der Waals surface area contributed by atoms with Gasteiger partial charge in [-0.1, -0.05) is 66.2 Å². The van der Waals surface area contributed by atoms with Crippen LogP contribution >= 0.6 is 23.4 Å². The lowest BCUT2D eigenvalue weighted by Crippen LogP contribution is -2.29. The molecule has 5 rings (SSSR count). The topological polar surface area (TPSA) is 12.0 Å². The first-order valence-corrected chi connectivity index (χ1v) is 11.6. The van der Waals surface area contributed by atoms with Crippen molar-refractivity contribution < 1.29 is 0 Å². The van der Waals surface area contributed by atoms with E-state index in [1.165, 1.54) is 32.8 Å². The maximum absolute atomic E-state index is 6.12. The summed E-state index contributed by atoms with van der Waals surface area (Å²) in [6.07, 6.45) is 5.89. The summed E-state index contributed by atoms with van der Waals surface area (Å²) in [5, 5.41) is 4.68. The first-order valence-electron chi connectivity index (χ1n) is 10.2. The largest absolute Gasteiger partial charge is 0.377 e. The summed E-state index contributed by atoms with van der Waals surface area (Å²) in [4.78, 5) is 1.32. The quantitative estimate of drug-likeness (QED) is 0.343. The number of nitrogens with one attached hydrogen (secondary N) is 1. The number of benzene rings is 3. The smallest absolute Gasteiger partial charge is 0.0554 e. The predicted octanol–water partition coefficient (Wildman–Crippen LogP) is 7.77. The number of allylic oxidation sites excluding steroid dienone is 2. The fraction of sp³-hybridized carbons (Fsp3) is 0.231. The maximum atomic E-state index is 6.12. The van der Waals surface area contributed by atoms with Crippen LogP contribution in [0.25, 0.3) is 0 Å². The monoisotopic (exact) mass is 417 g/mol. The Labute approximate surface area is 182 Å². The van der Waals surface area contributed by atoms with Gasteiger partial charge in [0.25, 0.3) is 0 Å². The minimum absolute atomic E-state index is 0.322. The van der Waals surface area contributed by atoms with E-state index in [2.05, 4.69) is 79.0 Å². The molecule has 1 aliphatic carbocycles. The van der Waals surface area contributed by atoms with Gasteiger partial charge in [0.05, 0.1) is 6.04 Å². The number of thioether (sulfide) groups is 1. The van der Waals surface area contributed by atoms with Crippen LogP contribution in [0.15, 0.2) is 83.8 Å². The average molecular weight is 418 g/mol. The van der Waals surface area contributed by atoms with Crippen molar-refractivity contribution in [3.8, 4) is 0 Å². The Morgan fingerprint density at radius 2 is 1.83 bits per heavy atom. The third-order valence-corrected chi connectivity index (χ3v) is 7.44. The fourth-order valence-electron chi connectivity index (χ4n) is 4.73. The van der Waals surface area contributed by atoms with E-state index in [4.69, 9.17) is 11.6 Å². The van der Waals surface area contributed by atoms with Crippen molar-refractivity contribution in [1.29, 1.82) is 0 Å². The molecule has 0 saturated carbocycles. The molecule has 3 aromatic carbocycles. The van der Waals surface area contributed by atoms with Gasteiger partial charge in [-0.15, -0.1) is 11.8 Å². The molecule has 3 aromatic rings. The summed E-state index contributed by atoms with van der Waals surface area (Å²) in [5.74, 6) is 2.03. The zero-order valence-electron chi connectivity index (χ0n) is 16.4. The molecule has 3 heteroatoms. The molecule has 1 nitrogen and oxygen atoms in total. The second-order valence-electron chi connectivity index (χ2n) is 8.01. The summed E-state index contributed by atoms with van der Waals surface area (Å²) in [6.45, 7) is 2.24. The number of halogens is 1. The SMILES string of the molecule is Cc1cc(CSc2ccccc2)cc2c1N[C@H](c1ccc(Cl)cc1)[C@H]1CC=C[C@H]21. The summed E-state index contributed by atoms with van der Waals surface area (Å²) < 4.78 is 0. The second kappa shape index (κ2) is 7.93. The minimum atomic E-state index is 0.322. The van der Waals surface area contributed by atoms with E-state index in [0.717, 1.165) is 17.2 Å². The molecule has 0 saturated heterocycles. The lowest BCUT2D eigenvalue weighted by Gasteiger charge is -2.38. The molecule has 0 amide bonds. The highest BCUT2D eigenvalue weighted by Gasteiger charge is 2.38. The van der Waals surface area contributed by atoms with E-state index < -0.39 is 0 Å². The minimum Gasteiger partial charge on any atom is -0.377 e. The molecule has 0 spiro atoms. The van der Waals surface area contributed by atoms with E-state index in [0.29, 0.717) is 17.9 Å². The Balaban J connectivity index is 1.46. The molecular formula is C26H24ClNS. The van der Waals surface area contributed by atoms with Gasteiger partial charge in [-0.25, -0.2) is 0 Å². The zero-order valence-corrected chi connectivity index (χ0v) is 18.0. The summed E-state index contributed by atoms with van der Waals surface area (Å²) in [6, 6.07) is 24.1. The maximum Gasteiger partial charge on any atom is 0.0554 e. The van der Waals surface area contributed by atoms with Crippen molar-refractivity contribution in [2.45, 2.75) is 36.0 Å². The van der Waals surface area contributed by atoms with Gasteiger partial charge >= 0.3 is 0 Å². The summed E-state index contributed by atoms with van der Waals surface area (Å²) in [7, 11) is 0. The molecule has 0 unspecified atom stereocenters. The van der Waals surface area contributed by atoms with Crippen LogP contribution in [0, 0.1) is 12.8 Å². The van der Waals surface area contributed by atoms with Gasteiger partial charge in [-0.2, -0.15) is 0 Å². The lowest BCUT2D eigenvalue weighted by atomic mass is 9.76. The number of anilines is 1. The second-order valence-corrected chi connectivity index (χ2v) is 9.49. The zero-order chi connectivity index (χ0) is 19.8.